The fourth-order valence-corrected chi connectivity index (χ4v) is 1.70. The van der Waals surface area contributed by atoms with E-state index in [0.717, 1.165) is 12.0 Å². The monoisotopic (exact) mass is 259 g/mol. The van der Waals surface area contributed by atoms with Gasteiger partial charge in [-0.3, -0.25) is 11.3 Å². The van der Waals surface area contributed by atoms with Crippen molar-refractivity contribution in [2.75, 3.05) is 19.0 Å². The van der Waals surface area contributed by atoms with Crippen LogP contribution < -0.4 is 16.2 Å². The second-order valence-corrected chi connectivity index (χ2v) is 5.96. The van der Waals surface area contributed by atoms with Gasteiger partial charge in [-0.25, -0.2) is 0 Å². The molecule has 0 aromatic heterocycles. The summed E-state index contributed by atoms with van der Waals surface area (Å²) >= 11 is 0. The van der Waals surface area contributed by atoms with E-state index in [1.165, 1.54) is 5.69 Å². The van der Waals surface area contributed by atoms with Crippen molar-refractivity contribution in [1.82, 2.24) is 5.43 Å². The molecule has 0 aliphatic carbocycles. The van der Waals surface area contributed by atoms with Crippen LogP contribution in [0.3, 0.4) is 0 Å². The molecule has 0 bridgehead atoms. The van der Waals surface area contributed by atoms with Crippen LogP contribution in [0.5, 0.6) is 0 Å². The standard InChI is InChI=1S/C16H25N3/c1-16(2,3)12-6-7-15(18-17)13-8-10-14(11-9-13)19(4)5/h8-11,15,18H,7,17H2,1-5H3. The second kappa shape index (κ2) is 6.60. The lowest BCUT2D eigenvalue weighted by atomic mass is 9.97. The molecular formula is C16H25N3. The average Bonchev–Trinajstić information content (AvgIpc) is 2.33. The molecular weight excluding hydrogens is 234 g/mol. The summed E-state index contributed by atoms with van der Waals surface area (Å²) in [5, 5.41) is 0. The van der Waals surface area contributed by atoms with Gasteiger partial charge >= 0.3 is 0 Å². The van der Waals surface area contributed by atoms with E-state index in [0.29, 0.717) is 0 Å². The molecule has 3 nitrogen and oxygen atoms in total. The Morgan fingerprint density at radius 1 is 1.21 bits per heavy atom. The molecule has 0 saturated heterocycles. The van der Waals surface area contributed by atoms with Crippen LogP contribution in [0.25, 0.3) is 0 Å². The number of rotatable bonds is 4. The maximum atomic E-state index is 5.62. The van der Waals surface area contributed by atoms with Crippen molar-refractivity contribution < 1.29 is 0 Å². The van der Waals surface area contributed by atoms with Crippen LogP contribution in [-0.2, 0) is 0 Å². The van der Waals surface area contributed by atoms with Crippen LogP contribution >= 0.6 is 0 Å². The Bertz CT molecular complexity index is 444. The lowest BCUT2D eigenvalue weighted by Gasteiger charge is -2.17. The number of benzene rings is 1. The van der Waals surface area contributed by atoms with Crippen LogP contribution in [0.4, 0.5) is 5.69 Å². The van der Waals surface area contributed by atoms with Crippen LogP contribution in [0, 0.1) is 17.3 Å². The third kappa shape index (κ3) is 5.34. The largest absolute Gasteiger partial charge is 0.378 e. The topological polar surface area (TPSA) is 41.3 Å². The van der Waals surface area contributed by atoms with Gasteiger partial charge in [-0.1, -0.05) is 18.1 Å². The summed E-state index contributed by atoms with van der Waals surface area (Å²) < 4.78 is 0. The summed E-state index contributed by atoms with van der Waals surface area (Å²) in [6.07, 6.45) is 0.717. The molecule has 1 aromatic rings. The normalized spacial score (nSPS) is 12.5. The van der Waals surface area contributed by atoms with E-state index >= 15 is 0 Å². The highest BCUT2D eigenvalue weighted by molar-refractivity contribution is 5.46. The van der Waals surface area contributed by atoms with Gasteiger partial charge in [0.15, 0.2) is 0 Å². The Hall–Kier alpha value is -1.50. The summed E-state index contributed by atoms with van der Waals surface area (Å²) in [6.45, 7) is 6.32. The molecule has 3 N–H and O–H groups in total. The number of nitrogens with zero attached hydrogens (tertiary/aromatic N) is 1. The van der Waals surface area contributed by atoms with Crippen molar-refractivity contribution in [3.05, 3.63) is 29.8 Å². The van der Waals surface area contributed by atoms with Gasteiger partial charge in [0, 0.05) is 31.6 Å². The minimum absolute atomic E-state index is 0.0356. The Balaban J connectivity index is 2.77. The van der Waals surface area contributed by atoms with Gasteiger partial charge in [-0.15, -0.1) is 5.92 Å². The lowest BCUT2D eigenvalue weighted by Crippen LogP contribution is -2.27. The van der Waals surface area contributed by atoms with E-state index in [1.54, 1.807) is 0 Å². The first-order chi connectivity index (χ1) is 8.83. The predicted molar refractivity (Wildman–Crippen MR) is 82.7 cm³/mol. The van der Waals surface area contributed by atoms with E-state index in [1.807, 2.05) is 14.1 Å². The highest BCUT2D eigenvalue weighted by Crippen LogP contribution is 2.20. The molecule has 19 heavy (non-hydrogen) atoms. The highest BCUT2D eigenvalue weighted by atomic mass is 15.2. The lowest BCUT2D eigenvalue weighted by molar-refractivity contribution is 0.555. The maximum Gasteiger partial charge on any atom is 0.0569 e. The molecule has 0 heterocycles. The van der Waals surface area contributed by atoms with E-state index in [4.69, 9.17) is 5.84 Å². The zero-order chi connectivity index (χ0) is 14.5. The van der Waals surface area contributed by atoms with Gasteiger partial charge in [0.05, 0.1) is 6.04 Å². The Morgan fingerprint density at radius 3 is 2.21 bits per heavy atom. The molecule has 1 atom stereocenters. The Morgan fingerprint density at radius 2 is 1.79 bits per heavy atom. The first-order valence-corrected chi connectivity index (χ1v) is 6.57. The SMILES string of the molecule is CN(C)c1ccc(C(CC#CC(C)(C)C)NN)cc1. The molecule has 1 unspecified atom stereocenters. The third-order valence-electron chi connectivity index (χ3n) is 2.78. The van der Waals surface area contributed by atoms with Crippen molar-refractivity contribution in [2.45, 2.75) is 33.2 Å². The van der Waals surface area contributed by atoms with Crippen molar-refractivity contribution in [3.8, 4) is 11.8 Å². The summed E-state index contributed by atoms with van der Waals surface area (Å²) in [7, 11) is 4.06. The van der Waals surface area contributed by atoms with Crippen molar-refractivity contribution >= 4 is 5.69 Å². The summed E-state index contributed by atoms with van der Waals surface area (Å²) in [6, 6.07) is 8.45. The second-order valence-electron chi connectivity index (χ2n) is 5.96. The number of nitrogens with two attached hydrogens (primary N) is 1. The molecule has 3 heteroatoms. The summed E-state index contributed by atoms with van der Waals surface area (Å²) in [5.74, 6) is 12.1. The number of hydrazine groups is 1. The number of nitrogens with one attached hydrogen (secondary N) is 1. The van der Waals surface area contributed by atoms with Crippen molar-refractivity contribution in [2.24, 2.45) is 11.3 Å². The summed E-state index contributed by atoms with van der Waals surface area (Å²) in [5.41, 5.74) is 5.22. The predicted octanol–water partition coefficient (Wildman–Crippen LogP) is 2.70. The zero-order valence-corrected chi connectivity index (χ0v) is 12.6. The van der Waals surface area contributed by atoms with Gasteiger partial charge in [0.25, 0.3) is 0 Å². The van der Waals surface area contributed by atoms with Crippen LogP contribution in [0.2, 0.25) is 0 Å². The van der Waals surface area contributed by atoms with Crippen molar-refractivity contribution in [3.63, 3.8) is 0 Å². The zero-order valence-electron chi connectivity index (χ0n) is 12.6. The fourth-order valence-electron chi connectivity index (χ4n) is 1.70. The number of hydrogen-bond acceptors (Lipinski definition) is 3. The molecule has 0 fully saturated rings. The summed E-state index contributed by atoms with van der Waals surface area (Å²) in [4.78, 5) is 2.08. The first kappa shape index (κ1) is 15.6. The van der Waals surface area contributed by atoms with Gasteiger partial charge in [-0.05, 0) is 38.5 Å². The van der Waals surface area contributed by atoms with E-state index in [-0.39, 0.29) is 11.5 Å². The van der Waals surface area contributed by atoms with E-state index in [2.05, 4.69) is 67.2 Å². The smallest absolute Gasteiger partial charge is 0.0569 e. The number of anilines is 1. The average molecular weight is 259 g/mol. The fraction of sp³-hybridized carbons (Fsp3) is 0.500. The molecule has 0 saturated carbocycles. The molecule has 0 aliphatic rings. The Kier molecular flexibility index (Phi) is 5.41. The molecule has 104 valence electrons. The quantitative estimate of drug-likeness (QED) is 0.496. The minimum atomic E-state index is 0.0356. The molecule has 0 spiro atoms. The maximum absolute atomic E-state index is 5.62. The van der Waals surface area contributed by atoms with Crippen LogP contribution in [0.1, 0.15) is 38.8 Å². The highest BCUT2D eigenvalue weighted by Gasteiger charge is 2.09. The molecule has 1 rings (SSSR count). The van der Waals surface area contributed by atoms with Gasteiger partial charge < -0.3 is 4.90 Å². The van der Waals surface area contributed by atoms with E-state index in [9.17, 15) is 0 Å². The van der Waals surface area contributed by atoms with Gasteiger partial charge in [0.2, 0.25) is 0 Å². The van der Waals surface area contributed by atoms with Gasteiger partial charge in [-0.2, -0.15) is 0 Å². The van der Waals surface area contributed by atoms with Crippen molar-refractivity contribution in [1.29, 1.82) is 0 Å². The molecule has 0 radical (unpaired) electrons. The minimum Gasteiger partial charge on any atom is -0.378 e. The van der Waals surface area contributed by atoms with Crippen LogP contribution in [0.15, 0.2) is 24.3 Å². The molecule has 0 aliphatic heterocycles. The molecule has 0 amide bonds. The van der Waals surface area contributed by atoms with Crippen LogP contribution in [-0.4, -0.2) is 14.1 Å². The van der Waals surface area contributed by atoms with Gasteiger partial charge in [0.1, 0.15) is 0 Å². The first-order valence-electron chi connectivity index (χ1n) is 6.57. The Labute approximate surface area is 117 Å². The van der Waals surface area contributed by atoms with E-state index < -0.39 is 0 Å². The molecule has 1 aromatic carbocycles. The number of hydrogen-bond donors (Lipinski definition) is 2. The third-order valence-corrected chi connectivity index (χ3v) is 2.78.